The standard InChI is InChI=1S/C12H11N3O4/c1-6-3-8-10(19-6)4-9-12(18)14(5-11(16)17)13-7(2)15(8)9/h3-4H,5H2,1-2H3,(H,16,17). The number of fused-ring (bicyclic) bond motifs is 3. The Morgan fingerprint density at radius 1 is 1.37 bits per heavy atom. The Kier molecular flexibility index (Phi) is 2.25. The molecule has 3 heterocycles. The van der Waals surface area contributed by atoms with E-state index in [0.29, 0.717) is 16.9 Å². The van der Waals surface area contributed by atoms with Gasteiger partial charge in [0.15, 0.2) is 5.58 Å². The molecule has 0 aliphatic carbocycles. The number of aryl methyl sites for hydroxylation is 2. The summed E-state index contributed by atoms with van der Waals surface area (Å²) in [6.07, 6.45) is 0. The molecule has 19 heavy (non-hydrogen) atoms. The highest BCUT2D eigenvalue weighted by Gasteiger charge is 2.15. The van der Waals surface area contributed by atoms with Gasteiger partial charge in [-0.3, -0.25) is 14.0 Å². The molecule has 0 bridgehead atoms. The van der Waals surface area contributed by atoms with Crippen molar-refractivity contribution in [2.45, 2.75) is 20.4 Å². The molecule has 0 spiro atoms. The van der Waals surface area contributed by atoms with Crippen LogP contribution in [0.1, 0.15) is 11.6 Å². The van der Waals surface area contributed by atoms with E-state index in [0.717, 1.165) is 16.0 Å². The number of aromatic nitrogens is 3. The van der Waals surface area contributed by atoms with Gasteiger partial charge in [-0.2, -0.15) is 5.10 Å². The Morgan fingerprint density at radius 3 is 2.79 bits per heavy atom. The summed E-state index contributed by atoms with van der Waals surface area (Å²) in [7, 11) is 0. The number of carboxylic acids is 1. The van der Waals surface area contributed by atoms with Crippen molar-refractivity contribution < 1.29 is 14.3 Å². The lowest BCUT2D eigenvalue weighted by molar-refractivity contribution is -0.138. The molecule has 7 nitrogen and oxygen atoms in total. The first-order valence-corrected chi connectivity index (χ1v) is 5.68. The first-order valence-electron chi connectivity index (χ1n) is 5.68. The Hall–Kier alpha value is -2.57. The normalized spacial score (nSPS) is 11.5. The lowest BCUT2D eigenvalue weighted by Crippen LogP contribution is -2.29. The van der Waals surface area contributed by atoms with Crippen molar-refractivity contribution in [1.82, 2.24) is 14.2 Å². The summed E-state index contributed by atoms with van der Waals surface area (Å²) < 4.78 is 8.09. The highest BCUT2D eigenvalue weighted by atomic mass is 16.4. The highest BCUT2D eigenvalue weighted by Crippen LogP contribution is 2.22. The van der Waals surface area contributed by atoms with Gasteiger partial charge in [0.25, 0.3) is 5.56 Å². The summed E-state index contributed by atoms with van der Waals surface area (Å²) in [6, 6.07) is 3.43. The minimum Gasteiger partial charge on any atom is -0.480 e. The van der Waals surface area contributed by atoms with Crippen molar-refractivity contribution in [3.8, 4) is 0 Å². The van der Waals surface area contributed by atoms with Gasteiger partial charge in [-0.1, -0.05) is 0 Å². The number of furan rings is 1. The van der Waals surface area contributed by atoms with Crippen LogP contribution in [0, 0.1) is 13.8 Å². The van der Waals surface area contributed by atoms with Gasteiger partial charge in [-0.25, -0.2) is 4.68 Å². The average molecular weight is 261 g/mol. The quantitative estimate of drug-likeness (QED) is 0.741. The van der Waals surface area contributed by atoms with Crippen molar-refractivity contribution in [3.05, 3.63) is 34.1 Å². The van der Waals surface area contributed by atoms with Crippen LogP contribution in [0.25, 0.3) is 16.6 Å². The molecule has 98 valence electrons. The van der Waals surface area contributed by atoms with Crippen LogP contribution < -0.4 is 5.56 Å². The van der Waals surface area contributed by atoms with E-state index in [-0.39, 0.29) is 0 Å². The second-order valence-electron chi connectivity index (χ2n) is 4.38. The summed E-state index contributed by atoms with van der Waals surface area (Å²) in [4.78, 5) is 22.9. The zero-order valence-electron chi connectivity index (χ0n) is 10.4. The predicted octanol–water partition coefficient (Wildman–Crippen LogP) is 0.944. The smallest absolute Gasteiger partial charge is 0.325 e. The topological polar surface area (TPSA) is 89.7 Å². The van der Waals surface area contributed by atoms with E-state index < -0.39 is 18.1 Å². The Morgan fingerprint density at radius 2 is 2.11 bits per heavy atom. The molecule has 0 aliphatic rings. The summed E-state index contributed by atoms with van der Waals surface area (Å²) >= 11 is 0. The van der Waals surface area contributed by atoms with Crippen LogP contribution >= 0.6 is 0 Å². The van der Waals surface area contributed by atoms with Gasteiger partial charge >= 0.3 is 5.97 Å². The van der Waals surface area contributed by atoms with Crippen molar-refractivity contribution in [1.29, 1.82) is 0 Å². The maximum atomic E-state index is 12.1. The molecule has 0 atom stereocenters. The second kappa shape index (κ2) is 3.71. The fourth-order valence-corrected chi connectivity index (χ4v) is 2.25. The zero-order valence-corrected chi connectivity index (χ0v) is 10.4. The van der Waals surface area contributed by atoms with Crippen LogP contribution in [0.15, 0.2) is 21.3 Å². The largest absolute Gasteiger partial charge is 0.480 e. The van der Waals surface area contributed by atoms with Crippen LogP contribution in [0.2, 0.25) is 0 Å². The van der Waals surface area contributed by atoms with E-state index in [1.165, 1.54) is 0 Å². The number of aliphatic carboxylic acids is 1. The third-order valence-corrected chi connectivity index (χ3v) is 2.94. The van der Waals surface area contributed by atoms with E-state index >= 15 is 0 Å². The number of rotatable bonds is 2. The van der Waals surface area contributed by atoms with Gasteiger partial charge in [0.2, 0.25) is 0 Å². The minimum atomic E-state index is -1.11. The lowest BCUT2D eigenvalue weighted by Gasteiger charge is -2.05. The molecule has 0 unspecified atom stereocenters. The molecule has 0 fully saturated rings. The van der Waals surface area contributed by atoms with Crippen molar-refractivity contribution in [3.63, 3.8) is 0 Å². The van der Waals surface area contributed by atoms with Gasteiger partial charge in [0.05, 0.1) is 5.52 Å². The molecule has 0 aliphatic heterocycles. The zero-order chi connectivity index (χ0) is 13.7. The van der Waals surface area contributed by atoms with Crippen LogP contribution in [0.3, 0.4) is 0 Å². The first kappa shape index (κ1) is 11.5. The molecule has 3 aromatic rings. The molecular formula is C12H11N3O4. The maximum Gasteiger partial charge on any atom is 0.325 e. The van der Waals surface area contributed by atoms with Crippen LogP contribution in [0.5, 0.6) is 0 Å². The number of nitrogens with zero attached hydrogens (tertiary/aromatic N) is 3. The fourth-order valence-electron chi connectivity index (χ4n) is 2.25. The molecule has 0 aromatic carbocycles. The summed E-state index contributed by atoms with van der Waals surface area (Å²) in [6.45, 7) is 3.08. The number of hydrogen-bond donors (Lipinski definition) is 1. The minimum absolute atomic E-state index is 0.363. The summed E-state index contributed by atoms with van der Waals surface area (Å²) in [5.41, 5.74) is 1.27. The molecule has 0 saturated carbocycles. The van der Waals surface area contributed by atoms with E-state index in [2.05, 4.69) is 5.10 Å². The van der Waals surface area contributed by atoms with Gasteiger partial charge < -0.3 is 9.52 Å². The van der Waals surface area contributed by atoms with E-state index in [1.807, 2.05) is 13.0 Å². The number of carbonyl (C=O) groups is 1. The van der Waals surface area contributed by atoms with Gasteiger partial charge in [-0.05, 0) is 13.8 Å². The predicted molar refractivity (Wildman–Crippen MR) is 66.3 cm³/mol. The summed E-state index contributed by atoms with van der Waals surface area (Å²) in [5, 5.41) is 12.8. The Bertz CT molecular complexity index is 868. The van der Waals surface area contributed by atoms with Crippen LogP contribution in [0.4, 0.5) is 0 Å². The molecule has 3 rings (SSSR count). The highest BCUT2D eigenvalue weighted by molar-refractivity contribution is 5.83. The molecule has 0 radical (unpaired) electrons. The second-order valence-corrected chi connectivity index (χ2v) is 4.38. The van der Waals surface area contributed by atoms with E-state index in [1.54, 1.807) is 17.4 Å². The third-order valence-electron chi connectivity index (χ3n) is 2.94. The number of carboxylic acid groups (broad SMARTS) is 1. The third kappa shape index (κ3) is 1.62. The molecule has 0 amide bonds. The van der Waals surface area contributed by atoms with Gasteiger partial charge in [-0.15, -0.1) is 0 Å². The van der Waals surface area contributed by atoms with E-state index in [4.69, 9.17) is 9.52 Å². The Labute approximate surface area is 106 Å². The fraction of sp³-hybridized carbons (Fsp3) is 0.250. The summed E-state index contributed by atoms with van der Waals surface area (Å²) in [5.74, 6) is 0.171. The SMILES string of the molecule is Cc1cc2c(cc3c(=O)n(CC(=O)O)nc(C)n32)o1. The van der Waals surface area contributed by atoms with Gasteiger partial charge in [0, 0.05) is 12.1 Å². The van der Waals surface area contributed by atoms with Gasteiger partial charge in [0.1, 0.15) is 23.6 Å². The van der Waals surface area contributed by atoms with Crippen LogP contribution in [-0.4, -0.2) is 25.3 Å². The van der Waals surface area contributed by atoms with E-state index in [9.17, 15) is 9.59 Å². The lowest BCUT2D eigenvalue weighted by atomic mass is 10.4. The monoisotopic (exact) mass is 261 g/mol. The molecule has 7 heteroatoms. The molecule has 1 N–H and O–H groups in total. The Balaban J connectivity index is 2.40. The van der Waals surface area contributed by atoms with Crippen molar-refractivity contribution in [2.75, 3.05) is 0 Å². The van der Waals surface area contributed by atoms with Crippen molar-refractivity contribution in [2.24, 2.45) is 0 Å². The molecule has 3 aromatic heterocycles. The number of hydrogen-bond acceptors (Lipinski definition) is 4. The first-order chi connectivity index (χ1) is 8.97. The van der Waals surface area contributed by atoms with Crippen molar-refractivity contribution >= 4 is 22.6 Å². The van der Waals surface area contributed by atoms with Crippen LogP contribution in [-0.2, 0) is 11.3 Å². The molecular weight excluding hydrogens is 250 g/mol. The maximum absolute atomic E-state index is 12.1. The molecule has 0 saturated heterocycles. The average Bonchev–Trinajstić information content (AvgIpc) is 2.80.